The summed E-state index contributed by atoms with van der Waals surface area (Å²) < 4.78 is 194. The van der Waals surface area contributed by atoms with Gasteiger partial charge in [-0.3, -0.25) is 0 Å². The zero-order valence-electron chi connectivity index (χ0n) is 14.2. The Kier molecular flexibility index (Phi) is 7.59. The van der Waals surface area contributed by atoms with Crippen LogP contribution in [0.1, 0.15) is 33.1 Å². The topological polar surface area (TPSA) is 0 Å². The highest BCUT2D eigenvalue weighted by Gasteiger charge is 2.93. The van der Waals surface area contributed by atoms with E-state index in [9.17, 15) is 65.9 Å². The lowest BCUT2D eigenvalue weighted by molar-refractivity contribution is -0.452. The number of halogens is 16. The second-order valence-electron chi connectivity index (χ2n) is 6.11. The smallest absolute Gasteiger partial charge is 0.200 e. The summed E-state index contributed by atoms with van der Waals surface area (Å²) in [6.45, 7) is 2.21. The normalized spacial score (nSPS) is 16.3. The van der Waals surface area contributed by atoms with E-state index < -0.39 is 64.4 Å². The van der Waals surface area contributed by atoms with Crippen LogP contribution in [0.25, 0.3) is 0 Å². The van der Waals surface area contributed by atoms with Crippen LogP contribution in [-0.2, 0) is 0 Å². The molecule has 16 heteroatoms. The predicted molar refractivity (Wildman–Crippen MR) is 77.7 cm³/mol. The van der Waals surface area contributed by atoms with E-state index in [4.69, 9.17) is 0 Å². The molecule has 0 radical (unpaired) electrons. The number of rotatable bonds is 9. The van der Waals surface area contributed by atoms with E-state index in [1.807, 2.05) is 0 Å². The van der Waals surface area contributed by atoms with E-state index in [1.54, 1.807) is 0 Å². The molecule has 0 N–H and O–H groups in total. The van der Waals surface area contributed by atoms with Gasteiger partial charge in [0.25, 0.3) is 0 Å². The van der Waals surface area contributed by atoms with Gasteiger partial charge in [0.05, 0.1) is 0 Å². The van der Waals surface area contributed by atoms with Crippen LogP contribution in [0, 0.1) is 0 Å². The minimum Gasteiger partial charge on any atom is -0.200 e. The number of hydrogen-bond acceptors (Lipinski definition) is 0. The van der Waals surface area contributed by atoms with Crippen LogP contribution < -0.4 is 0 Å². The van der Waals surface area contributed by atoms with Crippen molar-refractivity contribution >= 4 is 22.6 Å². The molecular formula is C13H12F15I. The molecule has 0 aromatic heterocycles. The van der Waals surface area contributed by atoms with E-state index >= 15 is 0 Å². The fraction of sp³-hybridized carbons (Fsp3) is 1.00. The molecule has 29 heavy (non-hydrogen) atoms. The molecule has 0 rings (SSSR count). The molecule has 176 valence electrons. The van der Waals surface area contributed by atoms with Gasteiger partial charge in [-0.25, -0.2) is 0 Å². The van der Waals surface area contributed by atoms with Crippen molar-refractivity contribution in [2.45, 2.75) is 78.2 Å². The van der Waals surface area contributed by atoms with Crippen LogP contribution >= 0.6 is 22.6 Å². The van der Waals surface area contributed by atoms with Gasteiger partial charge in [-0.15, -0.1) is 0 Å². The summed E-state index contributed by atoms with van der Waals surface area (Å²) in [5.41, 5.74) is 0. The number of hydrogen-bond donors (Lipinski definition) is 0. The Morgan fingerprint density at radius 3 is 1.03 bits per heavy atom. The highest BCUT2D eigenvalue weighted by atomic mass is 127. The summed E-state index contributed by atoms with van der Waals surface area (Å²) in [5, 5.41) is 0. The minimum absolute atomic E-state index is 0.417. The van der Waals surface area contributed by atoms with Crippen LogP contribution in [0.3, 0.4) is 0 Å². The summed E-state index contributed by atoms with van der Waals surface area (Å²) in [4.78, 5) is 0. The molecule has 0 unspecified atom stereocenters. The summed E-state index contributed by atoms with van der Waals surface area (Å²) in [5.74, 6) is -46.0. The fourth-order valence-corrected chi connectivity index (χ4v) is 2.49. The van der Waals surface area contributed by atoms with Gasteiger partial charge in [-0.2, -0.15) is 65.9 Å². The third-order valence-corrected chi connectivity index (χ3v) is 6.11. The SMILES string of the molecule is CCC(I)(CC)CC(F)(F)C(F)(F)C(F)(F)C(F)(F)C(F)(F)C(F)(F)C(F)(F)F. The molecule has 0 aliphatic rings. The van der Waals surface area contributed by atoms with Gasteiger partial charge in [0.15, 0.2) is 0 Å². The van der Waals surface area contributed by atoms with E-state index in [2.05, 4.69) is 0 Å². The molecule has 0 aliphatic carbocycles. The van der Waals surface area contributed by atoms with Crippen molar-refractivity contribution in [3.8, 4) is 0 Å². The first kappa shape index (κ1) is 28.7. The third kappa shape index (κ3) is 4.23. The van der Waals surface area contributed by atoms with Gasteiger partial charge >= 0.3 is 41.7 Å². The molecule has 0 atom stereocenters. The Labute approximate surface area is 167 Å². The Morgan fingerprint density at radius 2 is 0.759 bits per heavy atom. The second kappa shape index (κ2) is 7.67. The van der Waals surface area contributed by atoms with Crippen LogP contribution in [0.5, 0.6) is 0 Å². The summed E-state index contributed by atoms with van der Waals surface area (Å²) in [7, 11) is 0. The van der Waals surface area contributed by atoms with Crippen molar-refractivity contribution in [2.24, 2.45) is 0 Å². The van der Waals surface area contributed by atoms with Gasteiger partial charge < -0.3 is 0 Å². The molecule has 0 nitrogen and oxygen atoms in total. The lowest BCUT2D eigenvalue weighted by atomic mass is 9.86. The first-order valence-corrected chi connectivity index (χ1v) is 8.43. The zero-order chi connectivity index (χ0) is 24.1. The molecular weight excluding hydrogens is 568 g/mol. The average molecular weight is 580 g/mol. The maximum Gasteiger partial charge on any atom is 0.460 e. The predicted octanol–water partition coefficient (Wildman–Crippen LogP) is 7.74. The van der Waals surface area contributed by atoms with Crippen LogP contribution in [-0.4, -0.2) is 45.1 Å². The molecule has 0 saturated carbocycles. The Balaban J connectivity index is 6.50. The molecule has 0 spiro atoms. The molecule has 0 aromatic rings. The standard InChI is InChI=1S/C13H12F15I/c1-3-6(29,4-2)5-7(14,15)8(16,17)9(18,19)10(20,21)11(22,23)12(24,25)13(26,27)28/h3-5H2,1-2H3. The van der Waals surface area contributed by atoms with Crippen LogP contribution in [0.4, 0.5) is 65.9 Å². The molecule has 0 aliphatic heterocycles. The largest absolute Gasteiger partial charge is 0.460 e. The van der Waals surface area contributed by atoms with Gasteiger partial charge in [-0.05, 0) is 12.8 Å². The number of alkyl halides is 16. The highest BCUT2D eigenvalue weighted by molar-refractivity contribution is 14.1. The Morgan fingerprint density at radius 1 is 0.483 bits per heavy atom. The molecule has 0 amide bonds. The van der Waals surface area contributed by atoms with Crippen molar-refractivity contribution in [3.05, 3.63) is 0 Å². The van der Waals surface area contributed by atoms with Gasteiger partial charge in [0.1, 0.15) is 0 Å². The molecule has 0 aromatic carbocycles. The van der Waals surface area contributed by atoms with Gasteiger partial charge in [-0.1, -0.05) is 36.4 Å². The van der Waals surface area contributed by atoms with Crippen molar-refractivity contribution < 1.29 is 65.9 Å². The van der Waals surface area contributed by atoms with E-state index in [0.29, 0.717) is 0 Å². The average Bonchev–Trinajstić information content (AvgIpc) is 2.52. The maximum absolute atomic E-state index is 13.8. The lowest BCUT2D eigenvalue weighted by Crippen LogP contribution is -2.72. The second-order valence-corrected chi connectivity index (χ2v) is 8.40. The molecule has 0 saturated heterocycles. The maximum atomic E-state index is 13.8. The molecule has 0 fully saturated rings. The molecule has 0 bridgehead atoms. The van der Waals surface area contributed by atoms with Gasteiger partial charge in [0.2, 0.25) is 0 Å². The molecule has 0 heterocycles. The zero-order valence-corrected chi connectivity index (χ0v) is 16.3. The highest BCUT2D eigenvalue weighted by Crippen LogP contribution is 2.63. The van der Waals surface area contributed by atoms with E-state index in [-0.39, 0.29) is 0 Å². The summed E-state index contributed by atoms with van der Waals surface area (Å²) >= 11 is 1.09. The van der Waals surface area contributed by atoms with Crippen molar-refractivity contribution in [1.82, 2.24) is 0 Å². The van der Waals surface area contributed by atoms with Crippen LogP contribution in [0.15, 0.2) is 0 Å². The first-order valence-electron chi connectivity index (χ1n) is 7.35. The Bertz CT molecular complexity index is 573. The monoisotopic (exact) mass is 580 g/mol. The Hall–Kier alpha value is -0.320. The summed E-state index contributed by atoms with van der Waals surface area (Å²) in [6.07, 6.45) is -10.7. The van der Waals surface area contributed by atoms with Crippen molar-refractivity contribution in [2.75, 3.05) is 0 Å². The van der Waals surface area contributed by atoms with Crippen LogP contribution in [0.2, 0.25) is 0 Å². The quantitative estimate of drug-likeness (QED) is 0.149. The van der Waals surface area contributed by atoms with E-state index in [0.717, 1.165) is 36.4 Å². The van der Waals surface area contributed by atoms with Crippen molar-refractivity contribution in [1.29, 1.82) is 0 Å². The van der Waals surface area contributed by atoms with Gasteiger partial charge in [0, 0.05) is 9.84 Å². The minimum atomic E-state index is -8.22. The van der Waals surface area contributed by atoms with Crippen molar-refractivity contribution in [3.63, 3.8) is 0 Å². The third-order valence-electron chi connectivity index (χ3n) is 4.20. The summed E-state index contributed by atoms with van der Waals surface area (Å²) in [6, 6.07) is 0. The lowest BCUT2D eigenvalue weighted by Gasteiger charge is -2.42. The van der Waals surface area contributed by atoms with E-state index in [1.165, 1.54) is 0 Å². The fourth-order valence-electron chi connectivity index (χ4n) is 2.01. The first-order chi connectivity index (χ1) is 12.3.